The van der Waals surface area contributed by atoms with Crippen LogP contribution in [-0.4, -0.2) is 31.8 Å². The van der Waals surface area contributed by atoms with Gasteiger partial charge in [0.05, 0.1) is 6.10 Å². The quantitative estimate of drug-likeness (QED) is 0.729. The van der Waals surface area contributed by atoms with E-state index in [0.717, 1.165) is 39.0 Å². The lowest BCUT2D eigenvalue weighted by molar-refractivity contribution is 0.0878. The maximum Gasteiger partial charge on any atom is 0.314 e. The number of carbonyl (C=O) groups is 1. The molecule has 2 amide bonds. The van der Waals surface area contributed by atoms with E-state index in [4.69, 9.17) is 4.74 Å². The molecule has 4 heteroatoms. The zero-order valence-electron chi connectivity index (χ0n) is 9.71. The Bertz CT molecular complexity index is 197. The molecule has 2 atom stereocenters. The topological polar surface area (TPSA) is 50.4 Å². The Morgan fingerprint density at radius 1 is 1.40 bits per heavy atom. The first-order valence-electron chi connectivity index (χ1n) is 5.91. The van der Waals surface area contributed by atoms with Gasteiger partial charge in [0.1, 0.15) is 0 Å². The zero-order valence-corrected chi connectivity index (χ0v) is 9.71. The van der Waals surface area contributed by atoms with Crippen molar-refractivity contribution in [3.05, 3.63) is 0 Å². The fourth-order valence-corrected chi connectivity index (χ4v) is 1.90. The number of rotatable bonds is 5. The second-order valence-corrected chi connectivity index (χ2v) is 4.00. The lowest BCUT2D eigenvalue weighted by Crippen LogP contribution is -2.39. The van der Waals surface area contributed by atoms with E-state index in [0.29, 0.717) is 12.0 Å². The van der Waals surface area contributed by atoms with Gasteiger partial charge in [-0.1, -0.05) is 13.8 Å². The van der Waals surface area contributed by atoms with Gasteiger partial charge < -0.3 is 15.4 Å². The van der Waals surface area contributed by atoms with Crippen LogP contribution in [0.5, 0.6) is 0 Å². The summed E-state index contributed by atoms with van der Waals surface area (Å²) in [6.45, 7) is 6.47. The minimum atomic E-state index is -0.0568. The minimum Gasteiger partial charge on any atom is -0.378 e. The SMILES string of the molecule is CCCNC(=O)NCC1CCOC1CC. The normalized spacial score (nSPS) is 25.2. The molecule has 0 aromatic carbocycles. The van der Waals surface area contributed by atoms with Crippen LogP contribution in [0.3, 0.4) is 0 Å². The van der Waals surface area contributed by atoms with Gasteiger partial charge in [-0.15, -0.1) is 0 Å². The van der Waals surface area contributed by atoms with Crippen molar-refractivity contribution in [1.29, 1.82) is 0 Å². The highest BCUT2D eigenvalue weighted by atomic mass is 16.5. The van der Waals surface area contributed by atoms with Crippen molar-refractivity contribution < 1.29 is 9.53 Å². The molecule has 1 heterocycles. The molecule has 0 saturated carbocycles. The molecule has 0 aromatic rings. The van der Waals surface area contributed by atoms with Crippen LogP contribution in [0.4, 0.5) is 4.79 Å². The molecule has 2 N–H and O–H groups in total. The molecule has 88 valence electrons. The highest BCUT2D eigenvalue weighted by molar-refractivity contribution is 5.73. The van der Waals surface area contributed by atoms with Crippen molar-refractivity contribution in [2.24, 2.45) is 5.92 Å². The van der Waals surface area contributed by atoms with E-state index in [1.165, 1.54) is 0 Å². The van der Waals surface area contributed by atoms with Gasteiger partial charge in [-0.05, 0) is 19.3 Å². The molecule has 0 aromatic heterocycles. The molecule has 1 aliphatic heterocycles. The minimum absolute atomic E-state index is 0.0568. The molecular weight excluding hydrogens is 192 g/mol. The number of hydrogen-bond acceptors (Lipinski definition) is 2. The van der Waals surface area contributed by atoms with Crippen molar-refractivity contribution in [2.45, 2.75) is 39.2 Å². The maximum atomic E-state index is 11.3. The van der Waals surface area contributed by atoms with Crippen LogP contribution in [0, 0.1) is 5.92 Å². The average Bonchev–Trinajstić information content (AvgIpc) is 2.70. The molecule has 1 aliphatic rings. The van der Waals surface area contributed by atoms with Crippen LogP contribution >= 0.6 is 0 Å². The third kappa shape index (κ3) is 4.08. The summed E-state index contributed by atoms with van der Waals surface area (Å²) in [5, 5.41) is 5.69. The molecule has 15 heavy (non-hydrogen) atoms. The molecule has 0 spiro atoms. The second-order valence-electron chi connectivity index (χ2n) is 4.00. The van der Waals surface area contributed by atoms with Crippen LogP contribution in [0.15, 0.2) is 0 Å². The summed E-state index contributed by atoms with van der Waals surface area (Å²) in [5.74, 6) is 0.488. The molecule has 2 unspecified atom stereocenters. The van der Waals surface area contributed by atoms with Crippen molar-refractivity contribution in [1.82, 2.24) is 10.6 Å². The smallest absolute Gasteiger partial charge is 0.314 e. The Kier molecular flexibility index (Phi) is 5.47. The third-order valence-electron chi connectivity index (χ3n) is 2.81. The van der Waals surface area contributed by atoms with E-state index in [1.807, 2.05) is 6.92 Å². The summed E-state index contributed by atoms with van der Waals surface area (Å²) in [7, 11) is 0. The lowest BCUT2D eigenvalue weighted by Gasteiger charge is -2.17. The Labute approximate surface area is 91.8 Å². The van der Waals surface area contributed by atoms with E-state index in [2.05, 4.69) is 17.6 Å². The van der Waals surface area contributed by atoms with Gasteiger partial charge >= 0.3 is 6.03 Å². The first-order chi connectivity index (χ1) is 7.27. The molecular formula is C11H22N2O2. The second kappa shape index (κ2) is 6.67. The molecule has 0 aliphatic carbocycles. The summed E-state index contributed by atoms with van der Waals surface area (Å²) in [4.78, 5) is 11.3. The van der Waals surface area contributed by atoms with Crippen LogP contribution < -0.4 is 10.6 Å². The largest absolute Gasteiger partial charge is 0.378 e. The Hall–Kier alpha value is -0.770. The fourth-order valence-electron chi connectivity index (χ4n) is 1.90. The number of ether oxygens (including phenoxy) is 1. The number of nitrogens with one attached hydrogen (secondary N) is 2. The fraction of sp³-hybridized carbons (Fsp3) is 0.909. The standard InChI is InChI=1S/C11H22N2O2/c1-3-6-12-11(14)13-8-9-5-7-15-10(9)4-2/h9-10H,3-8H2,1-2H3,(H2,12,13,14). The number of amides is 2. The predicted molar refractivity (Wildman–Crippen MR) is 59.8 cm³/mol. The van der Waals surface area contributed by atoms with Gasteiger partial charge in [-0.2, -0.15) is 0 Å². The Morgan fingerprint density at radius 3 is 2.87 bits per heavy atom. The first kappa shape index (κ1) is 12.3. The van der Waals surface area contributed by atoms with E-state index >= 15 is 0 Å². The van der Waals surface area contributed by atoms with Gasteiger partial charge in [0.25, 0.3) is 0 Å². The van der Waals surface area contributed by atoms with E-state index in [1.54, 1.807) is 0 Å². The summed E-state index contributed by atoms with van der Waals surface area (Å²) < 4.78 is 5.56. The third-order valence-corrected chi connectivity index (χ3v) is 2.81. The molecule has 1 saturated heterocycles. The van der Waals surface area contributed by atoms with E-state index in [9.17, 15) is 4.79 Å². The van der Waals surface area contributed by atoms with Crippen molar-refractivity contribution in [3.8, 4) is 0 Å². The van der Waals surface area contributed by atoms with E-state index in [-0.39, 0.29) is 6.03 Å². The number of urea groups is 1. The predicted octanol–water partition coefficient (Wildman–Crippen LogP) is 1.51. The summed E-state index contributed by atoms with van der Waals surface area (Å²) >= 11 is 0. The Morgan fingerprint density at radius 2 is 2.20 bits per heavy atom. The first-order valence-corrected chi connectivity index (χ1v) is 5.91. The molecule has 0 radical (unpaired) electrons. The van der Waals surface area contributed by atoms with Gasteiger partial charge in [-0.25, -0.2) is 4.79 Å². The number of hydrogen-bond donors (Lipinski definition) is 2. The van der Waals surface area contributed by atoms with Gasteiger partial charge in [0, 0.05) is 25.6 Å². The van der Waals surface area contributed by atoms with Gasteiger partial charge in [0.2, 0.25) is 0 Å². The highest BCUT2D eigenvalue weighted by Gasteiger charge is 2.26. The van der Waals surface area contributed by atoms with E-state index < -0.39 is 0 Å². The Balaban J connectivity index is 2.15. The van der Waals surface area contributed by atoms with Gasteiger partial charge in [0.15, 0.2) is 0 Å². The summed E-state index contributed by atoms with van der Waals surface area (Å²) in [5.41, 5.74) is 0. The molecule has 1 rings (SSSR count). The van der Waals surface area contributed by atoms with Crippen LogP contribution in [0.2, 0.25) is 0 Å². The molecule has 1 fully saturated rings. The summed E-state index contributed by atoms with van der Waals surface area (Å²) in [6.07, 6.45) is 3.39. The average molecular weight is 214 g/mol. The highest BCUT2D eigenvalue weighted by Crippen LogP contribution is 2.22. The summed E-state index contributed by atoms with van der Waals surface area (Å²) in [6, 6.07) is -0.0568. The maximum absolute atomic E-state index is 11.3. The van der Waals surface area contributed by atoms with Crippen LogP contribution in [0.25, 0.3) is 0 Å². The monoisotopic (exact) mass is 214 g/mol. The molecule has 4 nitrogen and oxygen atoms in total. The zero-order chi connectivity index (χ0) is 11.1. The van der Waals surface area contributed by atoms with Crippen molar-refractivity contribution >= 4 is 6.03 Å². The number of carbonyl (C=O) groups excluding carboxylic acids is 1. The van der Waals surface area contributed by atoms with Gasteiger partial charge in [-0.3, -0.25) is 0 Å². The van der Waals surface area contributed by atoms with Crippen molar-refractivity contribution in [2.75, 3.05) is 19.7 Å². The van der Waals surface area contributed by atoms with Crippen LogP contribution in [-0.2, 0) is 4.74 Å². The molecule has 0 bridgehead atoms. The van der Waals surface area contributed by atoms with Crippen LogP contribution in [0.1, 0.15) is 33.1 Å². The lowest BCUT2D eigenvalue weighted by atomic mass is 10.00. The van der Waals surface area contributed by atoms with Crippen molar-refractivity contribution in [3.63, 3.8) is 0 Å².